The van der Waals surface area contributed by atoms with E-state index < -0.39 is 0 Å². The lowest BCUT2D eigenvalue weighted by Crippen LogP contribution is -2.58. The Morgan fingerprint density at radius 3 is 2.71 bits per heavy atom. The second-order valence-electron chi connectivity index (χ2n) is 8.66. The number of aliphatic hydroxyl groups excluding tert-OH is 1. The Morgan fingerprint density at radius 1 is 1.23 bits per heavy atom. The van der Waals surface area contributed by atoms with E-state index in [0.29, 0.717) is 56.9 Å². The van der Waals surface area contributed by atoms with E-state index in [2.05, 4.69) is 20.9 Å². The molecule has 1 aromatic carbocycles. The number of para-hydroxylation sites is 1. The minimum absolute atomic E-state index is 0.0545. The zero-order chi connectivity index (χ0) is 21.8. The van der Waals surface area contributed by atoms with Crippen molar-refractivity contribution < 1.29 is 14.7 Å². The van der Waals surface area contributed by atoms with Crippen molar-refractivity contribution in [3.8, 4) is 0 Å². The number of piperazine rings is 1. The fourth-order valence-corrected chi connectivity index (χ4v) is 5.07. The Balaban J connectivity index is 1.28. The lowest BCUT2D eigenvalue weighted by molar-refractivity contribution is -0.134. The van der Waals surface area contributed by atoms with Crippen molar-refractivity contribution in [2.24, 2.45) is 0 Å². The number of likely N-dealkylation sites (tertiary alicyclic amines) is 1. The van der Waals surface area contributed by atoms with E-state index >= 15 is 0 Å². The van der Waals surface area contributed by atoms with Crippen LogP contribution in [0, 0.1) is 0 Å². The summed E-state index contributed by atoms with van der Waals surface area (Å²) in [5, 5.41) is 19.7. The smallest absolute Gasteiger partial charge is 0.237 e. The lowest BCUT2D eigenvalue weighted by atomic mass is 10.0. The predicted molar refractivity (Wildman–Crippen MR) is 123 cm³/mol. The van der Waals surface area contributed by atoms with Crippen LogP contribution in [0.4, 0.5) is 5.69 Å². The van der Waals surface area contributed by atoms with Crippen LogP contribution in [0.3, 0.4) is 0 Å². The summed E-state index contributed by atoms with van der Waals surface area (Å²) in [5.41, 5.74) is 0.926. The maximum atomic E-state index is 12.6. The summed E-state index contributed by atoms with van der Waals surface area (Å²) in [6.45, 7) is 2.56. The van der Waals surface area contributed by atoms with Gasteiger partial charge in [0.05, 0.1) is 12.1 Å². The number of anilines is 1. The number of carbonyl (C=O) groups is 2. The number of carbonyl (C=O) groups excluding carboxylic acids is 2. The van der Waals surface area contributed by atoms with Crippen molar-refractivity contribution in [1.29, 1.82) is 0 Å². The van der Waals surface area contributed by atoms with E-state index in [0.717, 1.165) is 12.2 Å². The second-order valence-corrected chi connectivity index (χ2v) is 9.07. The van der Waals surface area contributed by atoms with Crippen LogP contribution in [0.1, 0.15) is 32.1 Å². The van der Waals surface area contributed by atoms with Gasteiger partial charge >= 0.3 is 0 Å². The van der Waals surface area contributed by atoms with E-state index in [4.69, 9.17) is 12.2 Å². The maximum absolute atomic E-state index is 12.6. The highest BCUT2D eigenvalue weighted by molar-refractivity contribution is 7.80. The number of nitrogens with one attached hydrogen (secondary N) is 3. The highest BCUT2D eigenvalue weighted by Gasteiger charge is 2.43. The van der Waals surface area contributed by atoms with Crippen LogP contribution in [0.5, 0.6) is 0 Å². The molecule has 2 amide bonds. The van der Waals surface area contributed by atoms with Crippen LogP contribution in [0.15, 0.2) is 30.3 Å². The summed E-state index contributed by atoms with van der Waals surface area (Å²) in [4.78, 5) is 29.1. The Morgan fingerprint density at radius 2 is 1.97 bits per heavy atom. The number of hydrogen-bond donors (Lipinski definition) is 4. The molecular weight excluding hydrogens is 414 g/mol. The first-order valence-corrected chi connectivity index (χ1v) is 11.5. The van der Waals surface area contributed by atoms with Crippen LogP contribution in [0.25, 0.3) is 0 Å². The topological polar surface area (TPSA) is 96.9 Å². The van der Waals surface area contributed by atoms with Crippen molar-refractivity contribution in [1.82, 2.24) is 20.4 Å². The molecule has 9 heteroatoms. The Kier molecular flexibility index (Phi) is 7.04. The van der Waals surface area contributed by atoms with E-state index in [1.54, 1.807) is 0 Å². The molecule has 0 aliphatic carbocycles. The summed E-state index contributed by atoms with van der Waals surface area (Å²) in [7, 11) is 0. The van der Waals surface area contributed by atoms with E-state index in [1.165, 1.54) is 0 Å². The third kappa shape index (κ3) is 5.53. The molecule has 3 saturated heterocycles. The molecule has 3 atom stereocenters. The first-order valence-electron chi connectivity index (χ1n) is 11.1. The van der Waals surface area contributed by atoms with Crippen LogP contribution >= 0.6 is 12.2 Å². The molecular formula is C22H31N5O3S. The first kappa shape index (κ1) is 22.0. The lowest BCUT2D eigenvalue weighted by Gasteiger charge is -2.37. The van der Waals surface area contributed by atoms with Gasteiger partial charge in [0, 0.05) is 50.4 Å². The zero-order valence-electron chi connectivity index (χ0n) is 17.6. The number of piperidine rings is 1. The number of fused-ring (bicyclic) bond motifs is 1. The van der Waals surface area contributed by atoms with Crippen LogP contribution in [0.2, 0.25) is 0 Å². The summed E-state index contributed by atoms with van der Waals surface area (Å²) >= 11 is 5.45. The molecule has 8 nitrogen and oxygen atoms in total. The molecule has 3 aliphatic rings. The number of hydrogen-bond acceptors (Lipinski definition) is 5. The number of thiocarbonyl (C=S) groups is 1. The van der Waals surface area contributed by atoms with Gasteiger partial charge in [0.1, 0.15) is 0 Å². The van der Waals surface area contributed by atoms with Gasteiger partial charge < -0.3 is 26.0 Å². The van der Waals surface area contributed by atoms with Gasteiger partial charge in [-0.05, 0) is 50.0 Å². The number of nitrogens with zero attached hydrogens (tertiary/aromatic N) is 2. The SMILES string of the molecule is O=C1NC[C@@H](CCC(=O)N2CCC(O)CC2)N2C[C@H](NC(=S)Nc3ccccc3)C[C@@H]12. The Labute approximate surface area is 188 Å². The van der Waals surface area contributed by atoms with E-state index in [9.17, 15) is 14.7 Å². The molecule has 4 rings (SSSR count). The minimum Gasteiger partial charge on any atom is -0.393 e. The molecule has 0 saturated carbocycles. The van der Waals surface area contributed by atoms with Gasteiger partial charge in [-0.25, -0.2) is 0 Å². The van der Waals surface area contributed by atoms with Crippen LogP contribution in [-0.4, -0.2) is 82.2 Å². The summed E-state index contributed by atoms with van der Waals surface area (Å²) in [6.07, 6.45) is 2.90. The average molecular weight is 446 g/mol. The summed E-state index contributed by atoms with van der Waals surface area (Å²) in [6, 6.07) is 9.80. The van der Waals surface area contributed by atoms with Crippen molar-refractivity contribution in [2.45, 2.75) is 56.3 Å². The fraction of sp³-hybridized carbons (Fsp3) is 0.591. The van der Waals surface area contributed by atoms with Gasteiger partial charge in [-0.15, -0.1) is 0 Å². The van der Waals surface area contributed by atoms with Crippen molar-refractivity contribution in [3.05, 3.63) is 30.3 Å². The van der Waals surface area contributed by atoms with E-state index in [-0.39, 0.29) is 36.0 Å². The monoisotopic (exact) mass is 445 g/mol. The van der Waals surface area contributed by atoms with Gasteiger partial charge in [0.2, 0.25) is 11.8 Å². The van der Waals surface area contributed by atoms with Gasteiger partial charge in [-0.3, -0.25) is 14.5 Å². The average Bonchev–Trinajstić information content (AvgIpc) is 3.19. The van der Waals surface area contributed by atoms with Gasteiger partial charge in [-0.2, -0.15) is 0 Å². The van der Waals surface area contributed by atoms with Crippen molar-refractivity contribution in [2.75, 3.05) is 31.5 Å². The van der Waals surface area contributed by atoms with Gasteiger partial charge in [0.25, 0.3) is 0 Å². The molecule has 1 aromatic rings. The fourth-order valence-electron chi connectivity index (χ4n) is 4.79. The molecule has 31 heavy (non-hydrogen) atoms. The Hall–Kier alpha value is -2.23. The molecule has 3 aliphatic heterocycles. The number of aliphatic hydroxyl groups is 1. The molecule has 3 fully saturated rings. The van der Waals surface area contributed by atoms with Gasteiger partial charge in [0.15, 0.2) is 5.11 Å². The molecule has 0 bridgehead atoms. The largest absolute Gasteiger partial charge is 0.393 e. The number of amides is 2. The minimum atomic E-state index is -0.283. The second kappa shape index (κ2) is 9.93. The third-order valence-corrected chi connectivity index (χ3v) is 6.72. The highest BCUT2D eigenvalue weighted by Crippen LogP contribution is 2.26. The highest BCUT2D eigenvalue weighted by atomic mass is 32.1. The summed E-state index contributed by atoms with van der Waals surface area (Å²) < 4.78 is 0. The first-order chi connectivity index (χ1) is 15.0. The summed E-state index contributed by atoms with van der Waals surface area (Å²) in [5.74, 6) is 0.196. The number of rotatable bonds is 5. The molecule has 0 spiro atoms. The molecule has 0 unspecified atom stereocenters. The Bertz CT molecular complexity index is 800. The molecule has 0 aromatic heterocycles. The van der Waals surface area contributed by atoms with Gasteiger partial charge in [-0.1, -0.05) is 18.2 Å². The molecule has 168 valence electrons. The maximum Gasteiger partial charge on any atom is 0.237 e. The van der Waals surface area contributed by atoms with E-state index in [1.807, 2.05) is 35.2 Å². The van der Waals surface area contributed by atoms with Crippen molar-refractivity contribution in [3.63, 3.8) is 0 Å². The normalized spacial score (nSPS) is 26.8. The molecule has 0 radical (unpaired) electrons. The van der Waals surface area contributed by atoms with Crippen molar-refractivity contribution >= 4 is 34.8 Å². The van der Waals surface area contributed by atoms with Crippen LogP contribution in [-0.2, 0) is 9.59 Å². The quantitative estimate of drug-likeness (QED) is 0.495. The van der Waals surface area contributed by atoms with Crippen LogP contribution < -0.4 is 16.0 Å². The number of benzene rings is 1. The molecule has 3 heterocycles. The molecule has 4 N–H and O–H groups in total. The third-order valence-electron chi connectivity index (χ3n) is 6.50. The standard InChI is InChI=1S/C22H31N5O3S/c28-18-8-10-26(11-9-18)20(29)7-6-17-13-23-21(30)19-12-16(14-27(17)19)25-22(31)24-15-4-2-1-3-5-15/h1-5,16-19,28H,6-14H2,(H,23,30)(H2,24,25,31)/t16-,17-,19+/m1/s1. The predicted octanol–water partition coefficient (Wildman–Crippen LogP) is 0.678. The zero-order valence-corrected chi connectivity index (χ0v) is 18.4.